The zero-order valence-corrected chi connectivity index (χ0v) is 16.6. The summed E-state index contributed by atoms with van der Waals surface area (Å²) in [4.78, 5) is 10.4. The van der Waals surface area contributed by atoms with Crippen LogP contribution in [0.3, 0.4) is 0 Å². The van der Waals surface area contributed by atoms with Gasteiger partial charge in [-0.3, -0.25) is 10.1 Å². The molecule has 0 aliphatic carbocycles. The molecule has 2 aromatic carbocycles. The van der Waals surface area contributed by atoms with Gasteiger partial charge >= 0.3 is 0 Å². The van der Waals surface area contributed by atoms with Crippen LogP contribution in [-0.4, -0.2) is 16.5 Å². The predicted molar refractivity (Wildman–Crippen MR) is 108 cm³/mol. The van der Waals surface area contributed by atoms with Crippen molar-refractivity contribution in [2.75, 3.05) is 11.1 Å². The van der Waals surface area contributed by atoms with Crippen LogP contribution in [0.5, 0.6) is 0 Å². The first-order valence-corrected chi connectivity index (χ1v) is 10.1. The molecule has 0 saturated carbocycles. The van der Waals surface area contributed by atoms with Gasteiger partial charge in [0.15, 0.2) is 4.84 Å². The van der Waals surface area contributed by atoms with E-state index in [1.165, 1.54) is 0 Å². The summed E-state index contributed by atoms with van der Waals surface area (Å²) in [5, 5.41) is 7.55. The van der Waals surface area contributed by atoms with E-state index in [2.05, 4.69) is 10.6 Å². The van der Waals surface area contributed by atoms with Gasteiger partial charge in [-0.1, -0.05) is 64.6 Å². The Morgan fingerprint density at radius 2 is 1.76 bits per heavy atom. The summed E-state index contributed by atoms with van der Waals surface area (Å²) >= 11 is 25.4. The van der Waals surface area contributed by atoms with Gasteiger partial charge < -0.3 is 5.32 Å². The van der Waals surface area contributed by atoms with Gasteiger partial charge in [0.25, 0.3) is 5.91 Å². The molecular weight excluding hydrogens is 422 g/mol. The van der Waals surface area contributed by atoms with Crippen LogP contribution in [0.1, 0.15) is 22.5 Å². The number of hydrogen-bond acceptors (Lipinski definition) is 3. The highest BCUT2D eigenvalue weighted by molar-refractivity contribution is 7.99. The maximum Gasteiger partial charge on any atom is 0.257 e. The van der Waals surface area contributed by atoms with Crippen molar-refractivity contribution in [3.05, 3.63) is 63.6 Å². The van der Waals surface area contributed by atoms with E-state index in [0.717, 1.165) is 16.9 Å². The fourth-order valence-electron chi connectivity index (χ4n) is 2.59. The second-order valence-corrected chi connectivity index (χ2v) is 8.53. The van der Waals surface area contributed by atoms with Crippen LogP contribution in [0.25, 0.3) is 0 Å². The van der Waals surface area contributed by atoms with Gasteiger partial charge in [0, 0.05) is 33.1 Å². The van der Waals surface area contributed by atoms with Crippen LogP contribution in [0.2, 0.25) is 10.0 Å². The molecule has 0 spiro atoms. The standard InChI is InChI=1S/C17H14Cl4N2OS/c18-11-2-1-3-12(19)14(11)17-23-13(8-25-17)9-4-6-10(7-5-9)22-16(24)15(20)21/h1-7,13,15,17,23H,8H2,(H,22,24). The van der Waals surface area contributed by atoms with Gasteiger partial charge in [-0.15, -0.1) is 11.8 Å². The molecule has 0 radical (unpaired) electrons. The van der Waals surface area contributed by atoms with Gasteiger partial charge in [-0.2, -0.15) is 0 Å². The fraction of sp³-hybridized carbons (Fsp3) is 0.235. The summed E-state index contributed by atoms with van der Waals surface area (Å²) in [5.74, 6) is 0.447. The SMILES string of the molecule is O=C(Nc1ccc(C2CSC(c3c(Cl)cccc3Cl)N2)cc1)C(Cl)Cl. The van der Waals surface area contributed by atoms with Crippen LogP contribution in [0.4, 0.5) is 5.69 Å². The Bertz CT molecular complexity index is 749. The minimum Gasteiger partial charge on any atom is -0.324 e. The molecule has 2 unspecified atom stereocenters. The van der Waals surface area contributed by atoms with Gasteiger partial charge in [0.1, 0.15) is 0 Å². The molecule has 2 N–H and O–H groups in total. The van der Waals surface area contributed by atoms with E-state index in [-0.39, 0.29) is 11.4 Å². The van der Waals surface area contributed by atoms with E-state index >= 15 is 0 Å². The van der Waals surface area contributed by atoms with Gasteiger partial charge in [0.05, 0.1) is 5.37 Å². The number of carbonyl (C=O) groups excluding carboxylic acids is 1. The number of benzene rings is 2. The largest absolute Gasteiger partial charge is 0.324 e. The molecule has 132 valence electrons. The molecule has 2 aromatic rings. The van der Waals surface area contributed by atoms with Gasteiger partial charge in [-0.05, 0) is 29.8 Å². The lowest BCUT2D eigenvalue weighted by molar-refractivity contribution is -0.114. The Balaban J connectivity index is 1.69. The highest BCUT2D eigenvalue weighted by atomic mass is 35.5. The number of nitrogens with one attached hydrogen (secondary N) is 2. The number of carbonyl (C=O) groups is 1. The predicted octanol–water partition coefficient (Wildman–Crippen LogP) is 5.81. The third-order valence-electron chi connectivity index (χ3n) is 3.82. The molecule has 1 saturated heterocycles. The lowest BCUT2D eigenvalue weighted by atomic mass is 10.1. The molecule has 0 bridgehead atoms. The molecule has 1 aliphatic rings. The Hall–Kier alpha value is -0.620. The first kappa shape index (κ1) is 19.2. The number of halogens is 4. The first-order chi connectivity index (χ1) is 12.0. The van der Waals surface area contributed by atoms with Crippen LogP contribution < -0.4 is 10.6 Å². The fourth-order valence-corrected chi connectivity index (χ4v) is 4.80. The van der Waals surface area contributed by atoms with Crippen molar-refractivity contribution in [3.8, 4) is 0 Å². The molecule has 0 aromatic heterocycles. The van der Waals surface area contributed by atoms with Crippen molar-refractivity contribution in [2.45, 2.75) is 16.3 Å². The average Bonchev–Trinajstić information content (AvgIpc) is 3.05. The average molecular weight is 436 g/mol. The summed E-state index contributed by atoms with van der Waals surface area (Å²) in [7, 11) is 0. The lowest BCUT2D eigenvalue weighted by Gasteiger charge is -2.16. The van der Waals surface area contributed by atoms with Gasteiger partial charge in [0.2, 0.25) is 0 Å². The maximum atomic E-state index is 11.5. The van der Waals surface area contributed by atoms with Crippen LogP contribution in [0, 0.1) is 0 Å². The van der Waals surface area contributed by atoms with E-state index < -0.39 is 10.7 Å². The van der Waals surface area contributed by atoms with E-state index in [4.69, 9.17) is 46.4 Å². The zero-order valence-electron chi connectivity index (χ0n) is 12.8. The smallest absolute Gasteiger partial charge is 0.257 e. The number of thioether (sulfide) groups is 1. The van der Waals surface area contributed by atoms with Crippen molar-refractivity contribution in [1.82, 2.24) is 5.32 Å². The normalized spacial score (nSPS) is 20.0. The Morgan fingerprint density at radius 1 is 1.12 bits per heavy atom. The van der Waals surface area contributed by atoms with Crippen molar-refractivity contribution in [3.63, 3.8) is 0 Å². The second-order valence-electron chi connectivity index (χ2n) is 5.48. The summed E-state index contributed by atoms with van der Waals surface area (Å²) in [6.07, 6.45) is 0. The molecular formula is C17H14Cl4N2OS. The van der Waals surface area contributed by atoms with Crippen molar-refractivity contribution in [2.24, 2.45) is 0 Å². The topological polar surface area (TPSA) is 41.1 Å². The van der Waals surface area contributed by atoms with E-state index in [0.29, 0.717) is 15.7 Å². The third kappa shape index (κ3) is 4.57. The van der Waals surface area contributed by atoms with Crippen LogP contribution in [0.15, 0.2) is 42.5 Å². The van der Waals surface area contributed by atoms with Crippen LogP contribution in [-0.2, 0) is 4.79 Å². The number of rotatable bonds is 4. The highest BCUT2D eigenvalue weighted by Crippen LogP contribution is 2.43. The third-order valence-corrected chi connectivity index (χ3v) is 6.11. The molecule has 3 nitrogen and oxygen atoms in total. The first-order valence-electron chi connectivity index (χ1n) is 7.46. The minimum atomic E-state index is -1.09. The highest BCUT2D eigenvalue weighted by Gasteiger charge is 2.29. The Morgan fingerprint density at radius 3 is 2.36 bits per heavy atom. The van der Waals surface area contributed by atoms with E-state index in [9.17, 15) is 4.79 Å². The van der Waals surface area contributed by atoms with Crippen molar-refractivity contribution in [1.29, 1.82) is 0 Å². The maximum absolute atomic E-state index is 11.5. The summed E-state index contributed by atoms with van der Waals surface area (Å²) in [5.41, 5.74) is 2.68. The number of amides is 1. The second kappa shape index (κ2) is 8.38. The van der Waals surface area contributed by atoms with Crippen molar-refractivity contribution >= 4 is 69.8 Å². The molecule has 1 fully saturated rings. The minimum absolute atomic E-state index is 0.0406. The Labute approximate surface area is 170 Å². The number of hydrogen-bond donors (Lipinski definition) is 2. The molecule has 2 atom stereocenters. The monoisotopic (exact) mass is 434 g/mol. The van der Waals surface area contributed by atoms with Gasteiger partial charge in [-0.25, -0.2) is 0 Å². The molecule has 8 heteroatoms. The zero-order chi connectivity index (χ0) is 18.0. The molecule has 1 heterocycles. The van der Waals surface area contributed by atoms with Crippen LogP contribution >= 0.6 is 58.2 Å². The molecule has 25 heavy (non-hydrogen) atoms. The number of anilines is 1. The van der Waals surface area contributed by atoms with E-state index in [1.54, 1.807) is 11.8 Å². The number of alkyl halides is 2. The van der Waals surface area contributed by atoms with E-state index in [1.807, 2.05) is 42.5 Å². The molecule has 3 rings (SSSR count). The lowest BCUT2D eigenvalue weighted by Crippen LogP contribution is -2.20. The quantitative estimate of drug-likeness (QED) is 0.595. The van der Waals surface area contributed by atoms with Crippen molar-refractivity contribution < 1.29 is 4.79 Å². The summed E-state index contributed by atoms with van der Waals surface area (Å²) < 4.78 is 0. The Kier molecular flexibility index (Phi) is 6.42. The molecule has 1 aliphatic heterocycles. The summed E-state index contributed by atoms with van der Waals surface area (Å²) in [6, 6.07) is 13.3. The molecule has 1 amide bonds. The summed E-state index contributed by atoms with van der Waals surface area (Å²) in [6.45, 7) is 0.